The predicted octanol–water partition coefficient (Wildman–Crippen LogP) is 4.13. The van der Waals surface area contributed by atoms with Crippen molar-refractivity contribution in [1.82, 2.24) is 5.32 Å². The van der Waals surface area contributed by atoms with Gasteiger partial charge in [-0.1, -0.05) is 52.4 Å². The summed E-state index contributed by atoms with van der Waals surface area (Å²) in [5.41, 5.74) is 0. The van der Waals surface area contributed by atoms with Gasteiger partial charge in [0, 0.05) is 6.04 Å². The molecule has 1 unspecified atom stereocenters. The van der Waals surface area contributed by atoms with Crippen LogP contribution in [-0.4, -0.2) is 12.6 Å². The molecule has 1 N–H and O–H groups in total. The first kappa shape index (κ1) is 13.0. The Morgan fingerprint density at radius 3 is 2.47 bits per heavy atom. The third-order valence-corrected chi connectivity index (χ3v) is 3.68. The van der Waals surface area contributed by atoms with E-state index in [1.807, 2.05) is 0 Å². The predicted molar refractivity (Wildman–Crippen MR) is 68.2 cm³/mol. The van der Waals surface area contributed by atoms with Crippen LogP contribution in [0.3, 0.4) is 0 Å². The van der Waals surface area contributed by atoms with Crippen molar-refractivity contribution in [3.8, 4) is 0 Å². The lowest BCUT2D eigenvalue weighted by atomic mass is 9.80. The highest BCUT2D eigenvalue weighted by molar-refractivity contribution is 4.77. The molecule has 0 radical (unpaired) electrons. The van der Waals surface area contributed by atoms with Crippen molar-refractivity contribution in [2.75, 3.05) is 6.54 Å². The minimum absolute atomic E-state index is 0.821. The molecule has 15 heavy (non-hydrogen) atoms. The van der Waals surface area contributed by atoms with E-state index in [0.717, 1.165) is 12.0 Å². The van der Waals surface area contributed by atoms with E-state index in [1.165, 1.54) is 64.3 Å². The van der Waals surface area contributed by atoms with Crippen LogP contribution in [0, 0.1) is 5.92 Å². The second-order valence-corrected chi connectivity index (χ2v) is 5.18. The Hall–Kier alpha value is -0.0400. The summed E-state index contributed by atoms with van der Waals surface area (Å²) in [5.74, 6) is 1.06. The number of rotatable bonds is 9. The summed E-state index contributed by atoms with van der Waals surface area (Å²) in [4.78, 5) is 0. The van der Waals surface area contributed by atoms with Gasteiger partial charge in [0.2, 0.25) is 0 Å². The summed E-state index contributed by atoms with van der Waals surface area (Å²) in [6, 6.07) is 0.821. The summed E-state index contributed by atoms with van der Waals surface area (Å²) in [7, 11) is 0. The van der Waals surface area contributed by atoms with Crippen LogP contribution in [0.2, 0.25) is 0 Å². The van der Waals surface area contributed by atoms with Crippen LogP contribution >= 0.6 is 0 Å². The second kappa shape index (κ2) is 8.15. The van der Waals surface area contributed by atoms with E-state index >= 15 is 0 Å². The van der Waals surface area contributed by atoms with Gasteiger partial charge < -0.3 is 5.32 Å². The van der Waals surface area contributed by atoms with E-state index in [2.05, 4.69) is 19.2 Å². The Morgan fingerprint density at radius 1 is 1.13 bits per heavy atom. The maximum Gasteiger partial charge on any atom is 0.00696 e. The van der Waals surface area contributed by atoms with Crippen molar-refractivity contribution in [3.63, 3.8) is 0 Å². The van der Waals surface area contributed by atoms with Crippen molar-refractivity contribution in [2.24, 2.45) is 5.92 Å². The summed E-state index contributed by atoms with van der Waals surface area (Å²) in [6.07, 6.45) is 12.8. The van der Waals surface area contributed by atoms with Crippen LogP contribution in [-0.2, 0) is 0 Å². The van der Waals surface area contributed by atoms with Crippen LogP contribution in [0.15, 0.2) is 0 Å². The molecule has 1 atom stereocenters. The zero-order chi connectivity index (χ0) is 10.9. The number of hydrogen-bond acceptors (Lipinski definition) is 1. The zero-order valence-electron chi connectivity index (χ0n) is 10.7. The first-order valence-electron chi connectivity index (χ1n) is 7.10. The van der Waals surface area contributed by atoms with Gasteiger partial charge in [-0.05, 0) is 31.7 Å². The minimum atomic E-state index is 0.821. The van der Waals surface area contributed by atoms with Crippen LogP contribution in [0.25, 0.3) is 0 Å². The van der Waals surface area contributed by atoms with Crippen LogP contribution in [0.1, 0.15) is 71.6 Å². The highest BCUT2D eigenvalue weighted by Crippen LogP contribution is 2.31. The van der Waals surface area contributed by atoms with Crippen LogP contribution in [0.4, 0.5) is 0 Å². The van der Waals surface area contributed by atoms with E-state index in [-0.39, 0.29) is 0 Å². The third-order valence-electron chi connectivity index (χ3n) is 3.68. The fraction of sp³-hybridized carbons (Fsp3) is 1.00. The Labute approximate surface area is 96.0 Å². The lowest BCUT2D eigenvalue weighted by Gasteiger charge is -2.30. The molecule has 0 saturated heterocycles. The van der Waals surface area contributed by atoms with E-state index in [9.17, 15) is 0 Å². The lowest BCUT2D eigenvalue weighted by Crippen LogP contribution is -2.33. The van der Waals surface area contributed by atoms with Gasteiger partial charge in [0.1, 0.15) is 0 Å². The van der Waals surface area contributed by atoms with Crippen molar-refractivity contribution in [2.45, 2.75) is 77.7 Å². The molecule has 1 fully saturated rings. The van der Waals surface area contributed by atoms with Gasteiger partial charge in [-0.15, -0.1) is 0 Å². The first-order valence-corrected chi connectivity index (χ1v) is 7.10. The SMILES string of the molecule is CCCCCC(CC1CCC1)NCCC. The molecule has 1 heteroatoms. The molecular formula is C14H29N. The number of hydrogen-bond donors (Lipinski definition) is 1. The Kier molecular flexibility index (Phi) is 7.08. The summed E-state index contributed by atoms with van der Waals surface area (Å²) in [5, 5.41) is 3.73. The van der Waals surface area contributed by atoms with E-state index in [0.29, 0.717) is 0 Å². The topological polar surface area (TPSA) is 12.0 Å². The van der Waals surface area contributed by atoms with Crippen molar-refractivity contribution in [3.05, 3.63) is 0 Å². The minimum Gasteiger partial charge on any atom is -0.314 e. The molecule has 1 saturated carbocycles. The monoisotopic (exact) mass is 211 g/mol. The Morgan fingerprint density at radius 2 is 1.93 bits per heavy atom. The molecule has 0 aromatic carbocycles. The smallest absolute Gasteiger partial charge is 0.00696 e. The molecule has 1 rings (SSSR count). The molecule has 0 heterocycles. The molecule has 0 aliphatic heterocycles. The Bertz CT molecular complexity index is 140. The molecule has 0 bridgehead atoms. The maximum absolute atomic E-state index is 3.73. The molecule has 0 amide bonds. The molecule has 0 aromatic rings. The van der Waals surface area contributed by atoms with E-state index in [4.69, 9.17) is 0 Å². The fourth-order valence-corrected chi connectivity index (χ4v) is 2.42. The largest absolute Gasteiger partial charge is 0.314 e. The average molecular weight is 211 g/mol. The zero-order valence-corrected chi connectivity index (χ0v) is 10.7. The lowest BCUT2D eigenvalue weighted by molar-refractivity contribution is 0.252. The van der Waals surface area contributed by atoms with Gasteiger partial charge in [0.25, 0.3) is 0 Å². The van der Waals surface area contributed by atoms with Gasteiger partial charge in [-0.3, -0.25) is 0 Å². The molecule has 1 aliphatic rings. The Balaban J connectivity index is 2.11. The van der Waals surface area contributed by atoms with E-state index in [1.54, 1.807) is 0 Å². The first-order chi connectivity index (χ1) is 7.36. The van der Waals surface area contributed by atoms with Gasteiger partial charge in [0.15, 0.2) is 0 Å². The number of unbranched alkanes of at least 4 members (excludes halogenated alkanes) is 2. The standard InChI is InChI=1S/C14H29N/c1-3-5-6-10-14(15-11-4-2)12-13-8-7-9-13/h13-15H,3-12H2,1-2H3. The van der Waals surface area contributed by atoms with Gasteiger partial charge in [-0.25, -0.2) is 0 Å². The molecular weight excluding hydrogens is 182 g/mol. The quantitative estimate of drug-likeness (QED) is 0.566. The second-order valence-electron chi connectivity index (χ2n) is 5.18. The summed E-state index contributed by atoms with van der Waals surface area (Å²) < 4.78 is 0. The third kappa shape index (κ3) is 5.55. The molecule has 0 spiro atoms. The molecule has 1 aliphatic carbocycles. The average Bonchev–Trinajstić information content (AvgIpc) is 2.19. The van der Waals surface area contributed by atoms with Crippen LogP contribution < -0.4 is 5.32 Å². The maximum atomic E-state index is 3.73. The summed E-state index contributed by atoms with van der Waals surface area (Å²) >= 11 is 0. The van der Waals surface area contributed by atoms with Crippen molar-refractivity contribution >= 4 is 0 Å². The summed E-state index contributed by atoms with van der Waals surface area (Å²) in [6.45, 7) is 5.77. The van der Waals surface area contributed by atoms with Crippen molar-refractivity contribution < 1.29 is 0 Å². The van der Waals surface area contributed by atoms with Crippen molar-refractivity contribution in [1.29, 1.82) is 0 Å². The fourth-order valence-electron chi connectivity index (χ4n) is 2.42. The highest BCUT2D eigenvalue weighted by Gasteiger charge is 2.21. The number of nitrogens with one attached hydrogen (secondary N) is 1. The normalized spacial score (nSPS) is 18.8. The van der Waals surface area contributed by atoms with Gasteiger partial charge in [-0.2, -0.15) is 0 Å². The van der Waals surface area contributed by atoms with E-state index < -0.39 is 0 Å². The molecule has 90 valence electrons. The molecule has 0 aromatic heterocycles. The molecule has 1 nitrogen and oxygen atoms in total. The van der Waals surface area contributed by atoms with Crippen LogP contribution in [0.5, 0.6) is 0 Å². The highest BCUT2D eigenvalue weighted by atomic mass is 14.9. The van der Waals surface area contributed by atoms with Gasteiger partial charge in [0.05, 0.1) is 0 Å². The van der Waals surface area contributed by atoms with Gasteiger partial charge >= 0.3 is 0 Å².